The van der Waals surface area contributed by atoms with Gasteiger partial charge in [-0.15, -0.1) is 0 Å². The van der Waals surface area contributed by atoms with Crippen molar-refractivity contribution in [3.8, 4) is 0 Å². The van der Waals surface area contributed by atoms with Crippen LogP contribution < -0.4 is 22.2 Å². The second kappa shape index (κ2) is 6.36. The number of fused-ring (bicyclic) bond motifs is 1. The molecule has 7 heteroatoms. The third-order valence-corrected chi connectivity index (χ3v) is 3.28. The fraction of sp³-hybridized carbons (Fsp3) is 0.357. The van der Waals surface area contributed by atoms with Gasteiger partial charge in [0.25, 0.3) is 0 Å². The highest BCUT2D eigenvalue weighted by molar-refractivity contribution is 5.94. The van der Waals surface area contributed by atoms with Crippen molar-refractivity contribution < 1.29 is 4.79 Å². The van der Waals surface area contributed by atoms with Crippen molar-refractivity contribution in [2.75, 3.05) is 11.9 Å². The first kappa shape index (κ1) is 15.0. The Balaban J connectivity index is 2.27. The minimum Gasteiger partial charge on any atom is -0.330 e. The molecule has 1 amide bonds. The summed E-state index contributed by atoms with van der Waals surface area (Å²) in [5, 5.41) is 2.77. The van der Waals surface area contributed by atoms with Crippen LogP contribution in [0.5, 0.6) is 0 Å². The van der Waals surface area contributed by atoms with Gasteiger partial charge in [-0.2, -0.15) is 0 Å². The average molecular weight is 290 g/mol. The van der Waals surface area contributed by atoms with Gasteiger partial charge < -0.3 is 21.0 Å². The minimum atomic E-state index is -0.725. The lowest BCUT2D eigenvalue weighted by Gasteiger charge is -2.14. The first-order valence-corrected chi connectivity index (χ1v) is 6.82. The summed E-state index contributed by atoms with van der Waals surface area (Å²) in [7, 11) is 0. The number of aromatic nitrogens is 2. The summed E-state index contributed by atoms with van der Waals surface area (Å²) in [4.78, 5) is 39.5. The van der Waals surface area contributed by atoms with Crippen molar-refractivity contribution in [3.63, 3.8) is 0 Å². The molecule has 1 heterocycles. The Kier molecular flexibility index (Phi) is 4.54. The van der Waals surface area contributed by atoms with Crippen LogP contribution in [0, 0.1) is 5.92 Å². The molecular formula is C14H18N4O3. The largest absolute Gasteiger partial charge is 0.330 e. The lowest BCUT2D eigenvalue weighted by Crippen LogP contribution is -2.30. The fourth-order valence-electron chi connectivity index (χ4n) is 2.14. The van der Waals surface area contributed by atoms with Gasteiger partial charge in [0.05, 0.1) is 17.0 Å². The predicted octanol–water partition coefficient (Wildman–Crippen LogP) is 0.530. The maximum atomic E-state index is 12.1. The van der Waals surface area contributed by atoms with Gasteiger partial charge in [-0.1, -0.05) is 13.3 Å². The van der Waals surface area contributed by atoms with Gasteiger partial charge in [-0.05, 0) is 24.6 Å². The lowest BCUT2D eigenvalue weighted by atomic mass is 10.0. The molecule has 1 atom stereocenters. The highest BCUT2D eigenvalue weighted by atomic mass is 16.2. The molecule has 5 N–H and O–H groups in total. The van der Waals surface area contributed by atoms with Gasteiger partial charge in [0, 0.05) is 12.2 Å². The van der Waals surface area contributed by atoms with Gasteiger partial charge in [0.2, 0.25) is 5.91 Å². The maximum Gasteiger partial charge on any atom is 0.314 e. The number of rotatable bonds is 5. The van der Waals surface area contributed by atoms with E-state index in [1.54, 1.807) is 18.2 Å². The predicted molar refractivity (Wildman–Crippen MR) is 81.3 cm³/mol. The fourth-order valence-corrected chi connectivity index (χ4v) is 2.14. The number of hydrogen-bond donors (Lipinski definition) is 4. The number of carbonyl (C=O) groups is 1. The molecule has 1 unspecified atom stereocenters. The molecule has 0 aliphatic heterocycles. The molecule has 1 aromatic carbocycles. The molecule has 0 spiro atoms. The Bertz CT molecular complexity index is 763. The number of anilines is 1. The van der Waals surface area contributed by atoms with Crippen molar-refractivity contribution in [3.05, 3.63) is 38.9 Å². The molecule has 2 aromatic rings. The lowest BCUT2D eigenvalue weighted by molar-refractivity contribution is -0.119. The first-order valence-electron chi connectivity index (χ1n) is 6.82. The van der Waals surface area contributed by atoms with Crippen LogP contribution in [-0.4, -0.2) is 22.4 Å². The monoisotopic (exact) mass is 290 g/mol. The van der Waals surface area contributed by atoms with Crippen molar-refractivity contribution in [1.29, 1.82) is 0 Å². The summed E-state index contributed by atoms with van der Waals surface area (Å²) in [6.45, 7) is 2.28. The second-order valence-corrected chi connectivity index (χ2v) is 4.88. The van der Waals surface area contributed by atoms with E-state index in [4.69, 9.17) is 5.73 Å². The molecule has 2 rings (SSSR count). The van der Waals surface area contributed by atoms with Crippen LogP contribution in [0.1, 0.15) is 19.8 Å². The third kappa shape index (κ3) is 3.38. The highest BCUT2D eigenvalue weighted by Crippen LogP contribution is 2.15. The molecular weight excluding hydrogens is 272 g/mol. The van der Waals surface area contributed by atoms with Crippen LogP contribution in [0.4, 0.5) is 5.69 Å². The van der Waals surface area contributed by atoms with E-state index >= 15 is 0 Å². The Labute approximate surface area is 120 Å². The van der Waals surface area contributed by atoms with Gasteiger partial charge >= 0.3 is 11.1 Å². The smallest absolute Gasteiger partial charge is 0.314 e. The molecule has 0 saturated carbocycles. The number of carbonyl (C=O) groups excluding carboxylic acids is 1. The van der Waals surface area contributed by atoms with Gasteiger partial charge in [-0.3, -0.25) is 14.4 Å². The normalized spacial score (nSPS) is 12.3. The number of nitrogens with two attached hydrogens (primary N) is 1. The van der Waals surface area contributed by atoms with E-state index in [0.717, 1.165) is 12.8 Å². The summed E-state index contributed by atoms with van der Waals surface area (Å²) in [6, 6.07) is 4.89. The molecule has 0 saturated heterocycles. The molecule has 7 nitrogen and oxygen atoms in total. The molecule has 0 aliphatic rings. The Morgan fingerprint density at radius 2 is 1.90 bits per heavy atom. The topological polar surface area (TPSA) is 121 Å². The van der Waals surface area contributed by atoms with Crippen LogP contribution in [0.2, 0.25) is 0 Å². The molecule has 21 heavy (non-hydrogen) atoms. The number of hydrogen-bond acceptors (Lipinski definition) is 4. The summed E-state index contributed by atoms with van der Waals surface area (Å²) in [6.07, 6.45) is 1.60. The second-order valence-electron chi connectivity index (χ2n) is 4.88. The Morgan fingerprint density at radius 1 is 1.24 bits per heavy atom. The molecule has 0 fully saturated rings. The van der Waals surface area contributed by atoms with Crippen molar-refractivity contribution in [2.45, 2.75) is 19.8 Å². The zero-order valence-corrected chi connectivity index (χ0v) is 11.7. The standard InChI is InChI=1S/C14H18N4O3/c1-2-3-8(7-15)12(19)16-9-4-5-10-11(6-9)18-14(21)13(20)17-10/h4-6,8H,2-3,7,15H2,1H3,(H,16,19)(H,17,20)(H,18,21). The zero-order chi connectivity index (χ0) is 15.4. The SMILES string of the molecule is CCCC(CN)C(=O)Nc1ccc2[nH]c(=O)c(=O)[nH]c2c1. The van der Waals surface area contributed by atoms with E-state index in [0.29, 0.717) is 16.7 Å². The van der Waals surface area contributed by atoms with Crippen LogP contribution in [0.15, 0.2) is 27.8 Å². The molecule has 112 valence electrons. The van der Waals surface area contributed by atoms with Gasteiger partial charge in [0.1, 0.15) is 0 Å². The van der Waals surface area contributed by atoms with E-state index in [2.05, 4.69) is 15.3 Å². The number of H-pyrrole nitrogens is 2. The Morgan fingerprint density at radius 3 is 2.52 bits per heavy atom. The number of aromatic amines is 2. The van der Waals surface area contributed by atoms with E-state index in [9.17, 15) is 14.4 Å². The molecule has 0 bridgehead atoms. The third-order valence-electron chi connectivity index (χ3n) is 3.28. The van der Waals surface area contributed by atoms with Crippen LogP contribution in [-0.2, 0) is 4.79 Å². The average Bonchev–Trinajstić information content (AvgIpc) is 2.46. The number of amides is 1. The van der Waals surface area contributed by atoms with Crippen molar-refractivity contribution in [1.82, 2.24) is 9.97 Å². The van der Waals surface area contributed by atoms with Crippen molar-refractivity contribution in [2.24, 2.45) is 11.7 Å². The Hall–Kier alpha value is -2.41. The van der Waals surface area contributed by atoms with E-state index in [-0.39, 0.29) is 18.4 Å². The highest BCUT2D eigenvalue weighted by Gasteiger charge is 2.15. The van der Waals surface area contributed by atoms with Gasteiger partial charge in [-0.25, -0.2) is 0 Å². The van der Waals surface area contributed by atoms with E-state index < -0.39 is 11.1 Å². The molecule has 0 aliphatic carbocycles. The van der Waals surface area contributed by atoms with E-state index in [1.165, 1.54) is 0 Å². The number of nitrogens with one attached hydrogen (secondary N) is 3. The van der Waals surface area contributed by atoms with Crippen LogP contribution in [0.25, 0.3) is 11.0 Å². The maximum absolute atomic E-state index is 12.1. The van der Waals surface area contributed by atoms with Gasteiger partial charge in [0.15, 0.2) is 0 Å². The first-order chi connectivity index (χ1) is 10.0. The summed E-state index contributed by atoms with van der Waals surface area (Å²) in [5.41, 5.74) is 5.67. The molecule has 0 radical (unpaired) electrons. The van der Waals surface area contributed by atoms with Crippen LogP contribution >= 0.6 is 0 Å². The van der Waals surface area contributed by atoms with Crippen molar-refractivity contribution >= 4 is 22.6 Å². The molecule has 1 aromatic heterocycles. The van der Waals surface area contributed by atoms with Crippen LogP contribution in [0.3, 0.4) is 0 Å². The minimum absolute atomic E-state index is 0.148. The zero-order valence-electron chi connectivity index (χ0n) is 11.7. The quantitative estimate of drug-likeness (QED) is 0.600. The van der Waals surface area contributed by atoms with E-state index in [1.807, 2.05) is 6.92 Å². The summed E-state index contributed by atoms with van der Waals surface area (Å²) < 4.78 is 0. The summed E-state index contributed by atoms with van der Waals surface area (Å²) in [5.74, 6) is -0.384. The summed E-state index contributed by atoms with van der Waals surface area (Å²) >= 11 is 0. The number of benzene rings is 1.